The Hall–Kier alpha value is -7.24. The molecule has 316 valence electrons. The number of hydrogen-bond acceptors (Lipinski definition) is 12. The second-order valence-electron chi connectivity index (χ2n) is 11.7. The van der Waals surface area contributed by atoms with Crippen molar-refractivity contribution in [1.29, 1.82) is 0 Å². The van der Waals surface area contributed by atoms with E-state index in [9.17, 15) is 37.1 Å². The fraction of sp³-hybridized carbons (Fsp3) is 0.0244. The fourth-order valence-electron chi connectivity index (χ4n) is 4.96. The van der Waals surface area contributed by atoms with Crippen molar-refractivity contribution in [3.05, 3.63) is 201 Å². The van der Waals surface area contributed by atoms with E-state index < -0.39 is 57.0 Å². The molecule has 17 nitrogen and oxygen atoms in total. The molecular weight excluding hydrogens is 921 g/mol. The molecule has 3 aromatic heterocycles. The number of anilines is 1. The van der Waals surface area contributed by atoms with Crippen LogP contribution in [0.3, 0.4) is 0 Å². The molecule has 0 aliphatic rings. The maximum atomic E-state index is 12.7. The molecule has 0 saturated carbocycles. The van der Waals surface area contributed by atoms with Crippen LogP contribution in [0.25, 0.3) is 27.2 Å². The van der Waals surface area contributed by atoms with E-state index in [0.29, 0.717) is 28.2 Å². The molecule has 0 amide bonds. The van der Waals surface area contributed by atoms with Crippen molar-refractivity contribution < 1.29 is 57.0 Å². The van der Waals surface area contributed by atoms with Gasteiger partial charge in [-0.1, -0.05) is 84.9 Å². The second-order valence-corrected chi connectivity index (χ2v) is 14.9. The van der Waals surface area contributed by atoms with E-state index in [1.807, 2.05) is 18.2 Å². The Morgan fingerprint density at radius 1 is 0.590 bits per heavy atom. The second kappa shape index (κ2) is 23.4. The number of carboxylic acids is 1. The van der Waals surface area contributed by atoms with Crippen LogP contribution in [-0.4, -0.2) is 52.7 Å². The standard InChI is InChI=1S/C17H13N3O4S.C17H12N3O4S.C5H5N.C2H4O2.Pd/c2*21-20(22)16-10-3-4-11-17(16)25(23,24)19-15-9-2-1-7-13(15)14-8-5-6-12-18-14;1-2-4-6-5-3-1;1-2(3)4;/h1-12,19H;1-12H;1-5H;1H3,(H,3,4);/q;-1;;;. The van der Waals surface area contributed by atoms with Gasteiger partial charge in [0.15, 0.2) is 4.90 Å². The van der Waals surface area contributed by atoms with E-state index in [4.69, 9.17) is 9.90 Å². The van der Waals surface area contributed by atoms with Crippen LogP contribution in [0.4, 0.5) is 22.7 Å². The summed E-state index contributed by atoms with van der Waals surface area (Å²) in [7, 11) is -8.40. The third-order valence-corrected chi connectivity index (χ3v) is 10.2. The van der Waals surface area contributed by atoms with Crippen LogP contribution in [-0.2, 0) is 45.3 Å². The van der Waals surface area contributed by atoms with E-state index >= 15 is 0 Å². The van der Waals surface area contributed by atoms with Gasteiger partial charge in [-0.25, -0.2) is 16.8 Å². The number of nitro benzene ring substituents is 2. The number of nitrogens with zero attached hydrogens (tertiary/aromatic N) is 6. The van der Waals surface area contributed by atoms with Gasteiger partial charge < -0.3 is 9.83 Å². The van der Waals surface area contributed by atoms with Crippen molar-refractivity contribution in [2.75, 3.05) is 4.72 Å². The van der Waals surface area contributed by atoms with Gasteiger partial charge in [-0.2, -0.15) is 0 Å². The van der Waals surface area contributed by atoms with Gasteiger partial charge >= 0.3 is 0 Å². The van der Waals surface area contributed by atoms with Crippen LogP contribution in [0, 0.1) is 20.2 Å². The number of benzene rings is 4. The first-order valence-electron chi connectivity index (χ1n) is 17.2. The molecule has 0 saturated heterocycles. The number of hydrogen-bond donors (Lipinski definition) is 2. The first kappa shape index (κ1) is 48.1. The molecule has 7 rings (SSSR count). The summed E-state index contributed by atoms with van der Waals surface area (Å²) in [6, 6.07) is 39.9. The molecule has 0 aliphatic carbocycles. The number of aliphatic carboxylic acids is 1. The Labute approximate surface area is 364 Å². The molecule has 0 bridgehead atoms. The zero-order valence-corrected chi connectivity index (χ0v) is 34.9. The molecule has 0 unspecified atom stereocenters. The summed E-state index contributed by atoms with van der Waals surface area (Å²) in [6.45, 7) is 1.08. The average Bonchev–Trinajstić information content (AvgIpc) is 3.25. The minimum Gasteiger partial charge on any atom is -0.572 e. The molecule has 61 heavy (non-hydrogen) atoms. The Balaban J connectivity index is 0.000000262. The summed E-state index contributed by atoms with van der Waals surface area (Å²) in [5.74, 6) is -0.833. The monoisotopic (exact) mass is 954 g/mol. The summed E-state index contributed by atoms with van der Waals surface area (Å²) in [6.07, 6.45) is 6.69. The van der Waals surface area contributed by atoms with Gasteiger partial charge in [0.05, 0.1) is 26.9 Å². The number of aromatic nitrogens is 3. The third kappa shape index (κ3) is 14.5. The molecular formula is C41H34N7O10PdS2-. The van der Waals surface area contributed by atoms with Crippen LogP contribution < -0.4 is 4.72 Å². The maximum absolute atomic E-state index is 12.7. The van der Waals surface area contributed by atoms with Crippen LogP contribution in [0.5, 0.6) is 0 Å². The summed E-state index contributed by atoms with van der Waals surface area (Å²) in [5.41, 5.74) is 1.70. The summed E-state index contributed by atoms with van der Waals surface area (Å²) in [5, 5.41) is 29.6. The van der Waals surface area contributed by atoms with Gasteiger partial charge in [0.2, 0.25) is 0 Å². The van der Waals surface area contributed by atoms with Crippen molar-refractivity contribution >= 4 is 48.8 Å². The SMILES string of the molecule is CC(=O)O.O=[N+]([O-])c1ccccc1S(=O)(=O)Nc1ccccc1-c1ccccn1.O=[N+]([O-])c1ccccc1S(=O)(=O)[N-]c1ccccc1-c1ccccn1.[Pd].c1ccncc1. The van der Waals surface area contributed by atoms with E-state index in [-0.39, 0.29) is 26.1 Å². The van der Waals surface area contributed by atoms with Gasteiger partial charge in [-0.3, -0.25) is 44.7 Å². The fourth-order valence-corrected chi connectivity index (χ4v) is 7.39. The van der Waals surface area contributed by atoms with E-state index in [1.165, 1.54) is 42.5 Å². The molecule has 0 atom stereocenters. The van der Waals surface area contributed by atoms with Crippen molar-refractivity contribution in [2.24, 2.45) is 0 Å². The summed E-state index contributed by atoms with van der Waals surface area (Å²) in [4.78, 5) is 41.1. The van der Waals surface area contributed by atoms with Crippen LogP contribution in [0.1, 0.15) is 6.92 Å². The smallest absolute Gasteiger partial charge is 0.300 e. The summed E-state index contributed by atoms with van der Waals surface area (Å²) < 4.78 is 56.8. The molecule has 2 N–H and O–H groups in total. The van der Waals surface area contributed by atoms with Gasteiger partial charge in [-0.15, -0.1) is 5.69 Å². The first-order chi connectivity index (χ1) is 28.7. The quantitative estimate of drug-likeness (QED) is 0.0740. The predicted octanol–water partition coefficient (Wildman–Crippen LogP) is 8.68. The van der Waals surface area contributed by atoms with Crippen LogP contribution >= 0.6 is 0 Å². The Kier molecular flexibility index (Phi) is 18.4. The van der Waals surface area contributed by atoms with Crippen molar-refractivity contribution in [1.82, 2.24) is 15.0 Å². The number of rotatable bonds is 10. The summed E-state index contributed by atoms with van der Waals surface area (Å²) >= 11 is 0. The minimum atomic E-state index is -4.26. The van der Waals surface area contributed by atoms with Gasteiger partial charge in [0.25, 0.3) is 27.4 Å². The van der Waals surface area contributed by atoms with Crippen LogP contribution in [0.2, 0.25) is 0 Å². The Morgan fingerprint density at radius 2 is 1.02 bits per heavy atom. The Bertz CT molecular complexity index is 2560. The molecule has 7 aromatic rings. The van der Waals surface area contributed by atoms with Crippen LogP contribution in [0.15, 0.2) is 186 Å². The van der Waals surface area contributed by atoms with Gasteiger partial charge in [-0.05, 0) is 60.2 Å². The average molecular weight is 955 g/mol. The number of nitro groups is 2. The molecule has 0 radical (unpaired) electrons. The number of carbonyl (C=O) groups is 1. The number of sulfonamides is 2. The van der Waals surface area contributed by atoms with Crippen molar-refractivity contribution in [2.45, 2.75) is 16.7 Å². The molecule has 3 heterocycles. The molecule has 4 aromatic carbocycles. The Morgan fingerprint density at radius 3 is 1.51 bits per heavy atom. The molecule has 0 fully saturated rings. The van der Waals surface area contributed by atoms with Crippen molar-refractivity contribution in [3.8, 4) is 22.5 Å². The van der Waals surface area contributed by atoms with Crippen molar-refractivity contribution in [3.63, 3.8) is 0 Å². The largest absolute Gasteiger partial charge is 0.572 e. The molecule has 20 heteroatoms. The van der Waals surface area contributed by atoms with E-state index in [0.717, 1.165) is 19.1 Å². The predicted molar refractivity (Wildman–Crippen MR) is 224 cm³/mol. The topological polar surface area (TPSA) is 257 Å². The number of carboxylic acid groups (broad SMARTS) is 1. The number of pyridine rings is 3. The normalized spacial score (nSPS) is 10.2. The van der Waals surface area contributed by atoms with E-state index in [1.54, 1.807) is 104 Å². The maximum Gasteiger partial charge on any atom is 0.300 e. The number of para-hydroxylation sites is 3. The zero-order chi connectivity index (χ0) is 43.5. The van der Waals surface area contributed by atoms with Gasteiger partial charge in [0.1, 0.15) is 14.9 Å². The van der Waals surface area contributed by atoms with Gasteiger partial charge in [0, 0.05) is 69.8 Å². The first-order valence-corrected chi connectivity index (χ1v) is 20.2. The zero-order valence-electron chi connectivity index (χ0n) is 31.7. The minimum absolute atomic E-state index is 0. The van der Waals surface area contributed by atoms with E-state index in [2.05, 4.69) is 24.4 Å². The molecule has 0 spiro atoms. The third-order valence-electron chi connectivity index (χ3n) is 7.43. The molecule has 0 aliphatic heterocycles. The number of nitrogens with one attached hydrogen (secondary N) is 1.